The van der Waals surface area contributed by atoms with Crippen molar-refractivity contribution >= 4 is 44.5 Å². The molecule has 160 valence electrons. The van der Waals surface area contributed by atoms with E-state index in [1.165, 1.54) is 56.4 Å². The fourth-order valence-corrected chi connectivity index (χ4v) is 4.97. The molecule has 0 aliphatic rings. The van der Waals surface area contributed by atoms with E-state index in [4.69, 9.17) is 0 Å². The Balaban J connectivity index is 1.43. The molecule has 0 spiro atoms. The van der Waals surface area contributed by atoms with Crippen LogP contribution in [0.25, 0.3) is 26.3 Å². The SMILES string of the molecule is Cc1nnnn1-c1ccc(F)c(NC(=O)Cn2cnc3scc(-c4cccs4)c3c2=O)c1. The zero-order valence-corrected chi connectivity index (χ0v) is 18.2. The number of thiophene rings is 2. The van der Waals surface area contributed by atoms with E-state index in [1.54, 1.807) is 6.92 Å². The van der Waals surface area contributed by atoms with Crippen LogP contribution in [0.5, 0.6) is 0 Å². The van der Waals surface area contributed by atoms with E-state index in [1.807, 2.05) is 22.9 Å². The molecule has 5 aromatic rings. The second-order valence-electron chi connectivity index (χ2n) is 6.83. The molecule has 4 heterocycles. The number of aromatic nitrogens is 6. The Morgan fingerprint density at radius 1 is 1.25 bits per heavy atom. The maximum Gasteiger partial charge on any atom is 0.263 e. The Morgan fingerprint density at radius 3 is 2.88 bits per heavy atom. The average Bonchev–Trinajstić information content (AvgIpc) is 3.52. The van der Waals surface area contributed by atoms with Gasteiger partial charge in [-0.05, 0) is 47.0 Å². The number of nitrogens with one attached hydrogen (secondary N) is 1. The van der Waals surface area contributed by atoms with E-state index in [0.29, 0.717) is 21.7 Å². The van der Waals surface area contributed by atoms with Crippen LogP contribution in [-0.2, 0) is 11.3 Å². The quantitative estimate of drug-likeness (QED) is 0.425. The molecule has 1 amide bonds. The third kappa shape index (κ3) is 3.59. The summed E-state index contributed by atoms with van der Waals surface area (Å²) < 4.78 is 16.9. The summed E-state index contributed by atoms with van der Waals surface area (Å²) in [7, 11) is 0. The van der Waals surface area contributed by atoms with Gasteiger partial charge in [-0.15, -0.1) is 27.8 Å². The third-order valence-corrected chi connectivity index (χ3v) is 6.54. The van der Waals surface area contributed by atoms with Gasteiger partial charge in [-0.2, -0.15) is 4.68 Å². The van der Waals surface area contributed by atoms with Gasteiger partial charge in [-0.25, -0.2) is 9.37 Å². The Hall–Kier alpha value is -3.77. The highest BCUT2D eigenvalue weighted by Crippen LogP contribution is 2.33. The van der Waals surface area contributed by atoms with E-state index >= 15 is 0 Å². The Labute approximate surface area is 187 Å². The number of rotatable bonds is 5. The van der Waals surface area contributed by atoms with Gasteiger partial charge in [-0.1, -0.05) is 6.07 Å². The zero-order chi connectivity index (χ0) is 22.2. The lowest BCUT2D eigenvalue weighted by Gasteiger charge is -2.10. The summed E-state index contributed by atoms with van der Waals surface area (Å²) in [6, 6.07) is 7.97. The van der Waals surface area contributed by atoms with Crippen molar-refractivity contribution in [3.05, 3.63) is 69.4 Å². The number of carbonyl (C=O) groups excluding carboxylic acids is 1. The molecule has 0 saturated carbocycles. The van der Waals surface area contributed by atoms with Gasteiger partial charge in [0.2, 0.25) is 5.91 Å². The Bertz CT molecular complexity index is 1500. The molecule has 0 saturated heterocycles. The maximum atomic E-state index is 14.3. The predicted octanol–water partition coefficient (Wildman–Crippen LogP) is 3.25. The van der Waals surface area contributed by atoms with E-state index in [9.17, 15) is 14.0 Å². The highest BCUT2D eigenvalue weighted by atomic mass is 32.1. The minimum absolute atomic E-state index is 0.0423. The Kier molecular flexibility index (Phi) is 5.07. The summed E-state index contributed by atoms with van der Waals surface area (Å²) in [5.74, 6) is -0.672. The lowest BCUT2D eigenvalue weighted by atomic mass is 10.2. The van der Waals surface area contributed by atoms with Gasteiger partial charge >= 0.3 is 0 Å². The number of benzene rings is 1. The molecule has 0 unspecified atom stereocenters. The minimum Gasteiger partial charge on any atom is -0.322 e. The van der Waals surface area contributed by atoms with Crippen LogP contribution < -0.4 is 10.9 Å². The van der Waals surface area contributed by atoms with Gasteiger partial charge in [-0.3, -0.25) is 14.2 Å². The molecule has 0 atom stereocenters. The van der Waals surface area contributed by atoms with Gasteiger partial charge in [0.25, 0.3) is 5.56 Å². The van der Waals surface area contributed by atoms with Crippen molar-refractivity contribution in [2.24, 2.45) is 0 Å². The van der Waals surface area contributed by atoms with Crippen molar-refractivity contribution in [2.45, 2.75) is 13.5 Å². The molecule has 12 heteroatoms. The van der Waals surface area contributed by atoms with Crippen LogP contribution in [0, 0.1) is 12.7 Å². The topological polar surface area (TPSA) is 108 Å². The zero-order valence-electron chi connectivity index (χ0n) is 16.5. The molecule has 9 nitrogen and oxygen atoms in total. The maximum absolute atomic E-state index is 14.3. The molecule has 5 rings (SSSR count). The third-order valence-electron chi connectivity index (χ3n) is 4.76. The number of fused-ring (bicyclic) bond motifs is 1. The van der Waals surface area contributed by atoms with Crippen LogP contribution in [-0.4, -0.2) is 35.7 Å². The number of halogens is 1. The first-order chi connectivity index (χ1) is 15.5. The van der Waals surface area contributed by atoms with Crippen molar-refractivity contribution in [1.29, 1.82) is 0 Å². The molecular formula is C20H14FN7O2S2. The number of aryl methyl sites for hydroxylation is 1. The minimum atomic E-state index is -0.619. The van der Waals surface area contributed by atoms with Crippen molar-refractivity contribution in [3.63, 3.8) is 0 Å². The normalized spacial score (nSPS) is 11.2. The van der Waals surface area contributed by atoms with Crippen molar-refractivity contribution in [2.75, 3.05) is 5.32 Å². The summed E-state index contributed by atoms with van der Waals surface area (Å²) >= 11 is 2.90. The molecular weight excluding hydrogens is 453 g/mol. The number of tetrazole rings is 1. The molecule has 0 fully saturated rings. The molecule has 32 heavy (non-hydrogen) atoms. The van der Waals surface area contributed by atoms with Crippen LogP contribution in [0.4, 0.5) is 10.1 Å². The lowest BCUT2D eigenvalue weighted by Crippen LogP contribution is -2.28. The first kappa shape index (κ1) is 20.2. The van der Waals surface area contributed by atoms with Gasteiger partial charge in [0.05, 0.1) is 23.1 Å². The fraction of sp³-hybridized carbons (Fsp3) is 0.100. The molecule has 0 radical (unpaired) electrons. The lowest BCUT2D eigenvalue weighted by molar-refractivity contribution is -0.116. The second-order valence-corrected chi connectivity index (χ2v) is 8.64. The molecule has 0 bridgehead atoms. The highest BCUT2D eigenvalue weighted by molar-refractivity contribution is 7.18. The molecule has 1 aromatic carbocycles. The molecule has 1 N–H and O–H groups in total. The van der Waals surface area contributed by atoms with Gasteiger partial charge in [0, 0.05) is 15.8 Å². The number of carbonyl (C=O) groups is 1. The van der Waals surface area contributed by atoms with Crippen LogP contribution >= 0.6 is 22.7 Å². The van der Waals surface area contributed by atoms with Crippen molar-refractivity contribution < 1.29 is 9.18 Å². The van der Waals surface area contributed by atoms with Crippen LogP contribution in [0.15, 0.2) is 52.2 Å². The predicted molar refractivity (Wildman–Crippen MR) is 120 cm³/mol. The first-order valence-electron chi connectivity index (χ1n) is 9.36. The molecule has 0 aliphatic heterocycles. The fourth-order valence-electron chi connectivity index (χ4n) is 3.25. The summed E-state index contributed by atoms with van der Waals surface area (Å²) in [4.78, 5) is 31.6. The number of hydrogen-bond donors (Lipinski definition) is 1. The van der Waals surface area contributed by atoms with E-state index in [-0.39, 0.29) is 17.8 Å². The van der Waals surface area contributed by atoms with Gasteiger partial charge in [0.1, 0.15) is 17.2 Å². The van der Waals surface area contributed by atoms with Gasteiger partial charge < -0.3 is 5.32 Å². The summed E-state index contributed by atoms with van der Waals surface area (Å²) in [5, 5.41) is 18.0. The summed E-state index contributed by atoms with van der Waals surface area (Å²) in [5.41, 5.74) is 0.916. The average molecular weight is 468 g/mol. The van der Waals surface area contributed by atoms with E-state index < -0.39 is 11.7 Å². The van der Waals surface area contributed by atoms with Crippen LogP contribution in [0.2, 0.25) is 0 Å². The number of anilines is 1. The molecule has 4 aromatic heterocycles. The second kappa shape index (κ2) is 8.05. The standard InChI is InChI=1S/C20H14FN7O2S2/c1-11-24-25-26-28(11)12-4-5-14(21)15(7-12)23-17(29)8-27-10-22-19-18(20(27)30)13(9-32-19)16-3-2-6-31-16/h2-7,9-10H,8H2,1H3,(H,23,29). The van der Waals surface area contributed by atoms with Gasteiger partial charge in [0.15, 0.2) is 5.82 Å². The van der Waals surface area contributed by atoms with Crippen LogP contribution in [0.1, 0.15) is 5.82 Å². The van der Waals surface area contributed by atoms with Crippen molar-refractivity contribution in [1.82, 2.24) is 29.8 Å². The number of amides is 1. The highest BCUT2D eigenvalue weighted by Gasteiger charge is 2.16. The summed E-state index contributed by atoms with van der Waals surface area (Å²) in [6.07, 6.45) is 1.33. The smallest absolute Gasteiger partial charge is 0.263 e. The van der Waals surface area contributed by atoms with Crippen LogP contribution in [0.3, 0.4) is 0 Å². The van der Waals surface area contributed by atoms with E-state index in [2.05, 4.69) is 25.8 Å². The Morgan fingerprint density at radius 2 is 2.12 bits per heavy atom. The first-order valence-corrected chi connectivity index (χ1v) is 11.1. The number of hydrogen-bond acceptors (Lipinski definition) is 8. The van der Waals surface area contributed by atoms with E-state index in [0.717, 1.165) is 10.4 Å². The summed E-state index contributed by atoms with van der Waals surface area (Å²) in [6.45, 7) is 1.39. The number of nitrogens with zero attached hydrogens (tertiary/aromatic N) is 6. The molecule has 0 aliphatic carbocycles. The van der Waals surface area contributed by atoms with Crippen molar-refractivity contribution in [3.8, 4) is 16.1 Å². The monoisotopic (exact) mass is 467 g/mol. The largest absolute Gasteiger partial charge is 0.322 e.